The zero-order valence-corrected chi connectivity index (χ0v) is 24.1. The number of ether oxygens (including phenoxy) is 1. The number of para-hydroxylation sites is 1. The number of allylic oxidation sites excluding steroid dienone is 1. The van der Waals surface area contributed by atoms with Crippen LogP contribution in [-0.2, 0) is 20.2 Å². The first-order chi connectivity index (χ1) is 19.0. The number of nitrogens with one attached hydrogen (secondary N) is 1. The molecule has 1 atom stereocenters. The van der Waals surface area contributed by atoms with Gasteiger partial charge in [-0.1, -0.05) is 66.2 Å². The highest BCUT2D eigenvalue weighted by atomic mass is 32.2. The summed E-state index contributed by atoms with van der Waals surface area (Å²) in [7, 11) is -1.84. The van der Waals surface area contributed by atoms with Gasteiger partial charge in [0.2, 0.25) is 15.7 Å². The van der Waals surface area contributed by atoms with Crippen molar-refractivity contribution in [1.82, 2.24) is 4.72 Å². The Kier molecular flexibility index (Phi) is 7.21. The summed E-state index contributed by atoms with van der Waals surface area (Å²) in [6.07, 6.45) is 4.05. The van der Waals surface area contributed by atoms with E-state index in [0.29, 0.717) is 5.75 Å². The topological polar surface area (TPSA) is 75.5 Å². The van der Waals surface area contributed by atoms with E-state index in [1.165, 1.54) is 24.6 Å². The van der Waals surface area contributed by atoms with Gasteiger partial charge in [-0.05, 0) is 62.7 Å². The molecule has 4 aromatic rings. The Bertz CT molecular complexity index is 1790. The molecule has 40 heavy (non-hydrogen) atoms. The van der Waals surface area contributed by atoms with Gasteiger partial charge in [0.1, 0.15) is 18.8 Å². The Hall–Kier alpha value is -4.07. The predicted molar refractivity (Wildman–Crippen MR) is 160 cm³/mol. The van der Waals surface area contributed by atoms with Crippen LogP contribution in [0.3, 0.4) is 0 Å². The number of carbonyl (C=O) groups excluding carboxylic acids is 1. The highest BCUT2D eigenvalue weighted by Gasteiger charge is 2.42. The third-order valence-corrected chi connectivity index (χ3v) is 9.06. The molecule has 0 amide bonds. The molecule has 0 radical (unpaired) electrons. The lowest BCUT2D eigenvalue weighted by Gasteiger charge is -2.17. The highest BCUT2D eigenvalue weighted by Crippen LogP contribution is 2.39. The molecule has 1 heterocycles. The molecule has 4 aromatic carbocycles. The lowest BCUT2D eigenvalue weighted by atomic mass is 9.81. The van der Waals surface area contributed by atoms with E-state index in [2.05, 4.69) is 54.5 Å². The molecule has 0 spiro atoms. The van der Waals surface area contributed by atoms with Gasteiger partial charge in [-0.2, -0.15) is 9.30 Å². The largest absolute Gasteiger partial charge is 0.425 e. The van der Waals surface area contributed by atoms with E-state index in [1.807, 2.05) is 49.4 Å². The van der Waals surface area contributed by atoms with Crippen molar-refractivity contribution in [2.75, 3.05) is 7.05 Å². The number of carbonyl (C=O) groups is 1. The Morgan fingerprint density at radius 3 is 2.33 bits per heavy atom. The molecule has 1 unspecified atom stereocenters. The smallest absolute Gasteiger partial charge is 0.329 e. The maximum absolute atomic E-state index is 13.1. The average molecular weight is 554 g/mol. The van der Waals surface area contributed by atoms with Crippen molar-refractivity contribution in [2.24, 2.45) is 0 Å². The van der Waals surface area contributed by atoms with Crippen LogP contribution in [0, 0.1) is 6.92 Å². The Balaban J connectivity index is 1.46. The molecular weight excluding hydrogens is 520 g/mol. The number of hydrogen-bond donors (Lipinski definition) is 1. The molecule has 1 aliphatic rings. The molecule has 1 N–H and O–H groups in total. The number of hydrogen-bond acceptors (Lipinski definition) is 4. The molecule has 1 aliphatic heterocycles. The fourth-order valence-corrected chi connectivity index (χ4v) is 6.46. The fraction of sp³-hybridized carbons (Fsp3) is 0.212. The van der Waals surface area contributed by atoms with Crippen molar-refractivity contribution in [1.29, 1.82) is 0 Å². The third kappa shape index (κ3) is 5.10. The van der Waals surface area contributed by atoms with Crippen LogP contribution in [0.15, 0.2) is 95.9 Å². The van der Waals surface area contributed by atoms with E-state index >= 15 is 0 Å². The van der Waals surface area contributed by atoms with E-state index in [1.54, 1.807) is 18.2 Å². The molecule has 0 saturated carbocycles. The molecule has 7 heteroatoms. The average Bonchev–Trinajstić information content (AvgIpc) is 3.12. The number of rotatable bonds is 7. The monoisotopic (exact) mass is 553 g/mol. The summed E-state index contributed by atoms with van der Waals surface area (Å²) in [6, 6.07) is 25.2. The van der Waals surface area contributed by atoms with Gasteiger partial charge in [0, 0.05) is 23.3 Å². The quantitative estimate of drug-likeness (QED) is 0.169. The van der Waals surface area contributed by atoms with Crippen LogP contribution in [-0.4, -0.2) is 37.8 Å². The maximum atomic E-state index is 13.1. The third-order valence-electron chi connectivity index (χ3n) is 7.51. The number of esters is 1. The Morgan fingerprint density at radius 2 is 1.60 bits per heavy atom. The van der Waals surface area contributed by atoms with Gasteiger partial charge in [0.15, 0.2) is 5.71 Å². The SMILES string of the molecule is Cc1ccc(S(=O)(=O)NC(C)C(=O)Oc2ccc3ccccc3c2/C=C/C2=[N+](C)c3ccccc3C2(C)C)cc1. The lowest BCUT2D eigenvalue weighted by molar-refractivity contribution is -0.401. The Labute approximate surface area is 235 Å². The van der Waals surface area contributed by atoms with Crippen LogP contribution < -0.4 is 9.46 Å². The van der Waals surface area contributed by atoms with Gasteiger partial charge in [-0.15, -0.1) is 0 Å². The molecule has 0 fully saturated rings. The van der Waals surface area contributed by atoms with Gasteiger partial charge in [0.05, 0.1) is 10.3 Å². The number of fused-ring (bicyclic) bond motifs is 2. The molecule has 0 saturated heterocycles. The first-order valence-corrected chi connectivity index (χ1v) is 14.7. The number of aryl methyl sites for hydroxylation is 1. The van der Waals surface area contributed by atoms with E-state index in [0.717, 1.165) is 33.3 Å². The minimum absolute atomic E-state index is 0.0911. The van der Waals surface area contributed by atoms with Gasteiger partial charge in [-0.3, -0.25) is 0 Å². The fourth-order valence-electron chi connectivity index (χ4n) is 5.26. The predicted octanol–water partition coefficient (Wildman–Crippen LogP) is 6.14. The summed E-state index contributed by atoms with van der Waals surface area (Å²) < 4.78 is 36.2. The summed E-state index contributed by atoms with van der Waals surface area (Å²) in [5.74, 6) is -0.336. The summed E-state index contributed by atoms with van der Waals surface area (Å²) in [5.41, 5.74) is 4.98. The van der Waals surface area contributed by atoms with Crippen LogP contribution >= 0.6 is 0 Å². The molecule has 5 rings (SSSR count). The standard InChI is InChI=1S/C33H33N2O4S/c1-22-14-17-25(18-15-22)40(37,38)34-23(2)32(36)39-30-20-16-24-10-6-7-11-26(24)27(30)19-21-31-33(3,4)28-12-8-9-13-29(28)35(31)5/h6-21,23,34H,1-5H3/q+1/b21-19+. The van der Waals surface area contributed by atoms with Crippen molar-refractivity contribution < 1.29 is 22.5 Å². The minimum Gasteiger partial charge on any atom is -0.425 e. The normalized spacial score (nSPS) is 15.4. The van der Waals surface area contributed by atoms with Crippen LogP contribution in [0.25, 0.3) is 16.8 Å². The summed E-state index contributed by atoms with van der Waals surface area (Å²) in [6.45, 7) is 7.75. The summed E-state index contributed by atoms with van der Waals surface area (Å²) in [5, 5.41) is 1.93. The number of nitrogens with zero attached hydrogens (tertiary/aromatic N) is 1. The van der Waals surface area contributed by atoms with E-state index in [-0.39, 0.29) is 10.3 Å². The highest BCUT2D eigenvalue weighted by molar-refractivity contribution is 7.89. The Morgan fingerprint density at radius 1 is 0.925 bits per heavy atom. The second kappa shape index (κ2) is 10.5. The molecule has 6 nitrogen and oxygen atoms in total. The molecular formula is C33H33N2O4S+. The van der Waals surface area contributed by atoms with E-state index in [4.69, 9.17) is 4.74 Å². The number of benzene rings is 4. The van der Waals surface area contributed by atoms with Crippen molar-refractivity contribution in [2.45, 2.75) is 44.0 Å². The van der Waals surface area contributed by atoms with Crippen molar-refractivity contribution in [3.63, 3.8) is 0 Å². The molecule has 0 aliphatic carbocycles. The first-order valence-electron chi connectivity index (χ1n) is 13.2. The summed E-state index contributed by atoms with van der Waals surface area (Å²) >= 11 is 0. The van der Waals surface area contributed by atoms with E-state index in [9.17, 15) is 13.2 Å². The number of sulfonamides is 1. The van der Waals surface area contributed by atoms with Gasteiger partial charge in [0.25, 0.3) is 0 Å². The molecule has 0 bridgehead atoms. The van der Waals surface area contributed by atoms with Crippen LogP contribution in [0.1, 0.15) is 37.5 Å². The van der Waals surface area contributed by atoms with Crippen molar-refractivity contribution in [3.8, 4) is 5.75 Å². The maximum Gasteiger partial charge on any atom is 0.329 e. The van der Waals surface area contributed by atoms with Crippen molar-refractivity contribution in [3.05, 3.63) is 108 Å². The molecule has 204 valence electrons. The zero-order valence-electron chi connectivity index (χ0n) is 23.3. The summed E-state index contributed by atoms with van der Waals surface area (Å²) in [4.78, 5) is 13.2. The zero-order chi connectivity index (χ0) is 28.7. The van der Waals surface area contributed by atoms with Crippen LogP contribution in [0.2, 0.25) is 0 Å². The second-order valence-corrected chi connectivity index (χ2v) is 12.4. The minimum atomic E-state index is -3.90. The van der Waals surface area contributed by atoms with Crippen LogP contribution in [0.4, 0.5) is 5.69 Å². The lowest BCUT2D eigenvalue weighted by Crippen LogP contribution is -2.40. The first kappa shape index (κ1) is 27.5. The van der Waals surface area contributed by atoms with Gasteiger partial charge >= 0.3 is 5.97 Å². The second-order valence-electron chi connectivity index (χ2n) is 10.7. The van der Waals surface area contributed by atoms with Gasteiger partial charge < -0.3 is 4.74 Å². The molecule has 0 aromatic heterocycles. The van der Waals surface area contributed by atoms with Gasteiger partial charge in [-0.25, -0.2) is 13.2 Å². The van der Waals surface area contributed by atoms with Crippen molar-refractivity contribution >= 4 is 44.2 Å². The van der Waals surface area contributed by atoms with E-state index < -0.39 is 22.0 Å². The van der Waals surface area contributed by atoms with Crippen LogP contribution in [0.5, 0.6) is 5.75 Å².